The summed E-state index contributed by atoms with van der Waals surface area (Å²) in [5.74, 6) is 0.298. The van der Waals surface area contributed by atoms with Gasteiger partial charge in [0, 0.05) is 18.3 Å². The largest absolute Gasteiger partial charge is 0.310 e. The predicted molar refractivity (Wildman–Crippen MR) is 59.1 cm³/mol. The molecule has 1 aliphatic carbocycles. The van der Waals surface area contributed by atoms with Gasteiger partial charge in [-0.15, -0.1) is 0 Å². The van der Waals surface area contributed by atoms with Gasteiger partial charge in [0.25, 0.3) is 0 Å². The Balaban J connectivity index is 2.68. The van der Waals surface area contributed by atoms with E-state index in [2.05, 4.69) is 26.1 Å². The van der Waals surface area contributed by atoms with Gasteiger partial charge in [0.05, 0.1) is 4.75 Å². The van der Waals surface area contributed by atoms with E-state index in [0.717, 1.165) is 6.42 Å². The van der Waals surface area contributed by atoms with E-state index in [9.17, 15) is 8.42 Å². The highest BCUT2D eigenvalue weighted by Gasteiger charge is 2.59. The van der Waals surface area contributed by atoms with Gasteiger partial charge in [-0.3, -0.25) is 0 Å². The molecule has 14 heavy (non-hydrogen) atoms. The summed E-state index contributed by atoms with van der Waals surface area (Å²) in [6, 6.07) is 0. The van der Waals surface area contributed by atoms with Crippen LogP contribution in [0.2, 0.25) is 0 Å². The summed E-state index contributed by atoms with van der Waals surface area (Å²) in [4.78, 5) is 0. The predicted octanol–water partition coefficient (Wildman–Crippen LogP) is 1.20. The van der Waals surface area contributed by atoms with Crippen molar-refractivity contribution >= 4 is 9.84 Å². The van der Waals surface area contributed by atoms with Crippen molar-refractivity contribution in [2.24, 2.45) is 5.92 Å². The van der Waals surface area contributed by atoms with E-state index in [-0.39, 0.29) is 5.54 Å². The lowest BCUT2D eigenvalue weighted by molar-refractivity contribution is 0.413. The number of rotatable bonds is 3. The van der Waals surface area contributed by atoms with Crippen molar-refractivity contribution in [3.05, 3.63) is 0 Å². The average Bonchev–Trinajstić information content (AvgIpc) is 2.56. The summed E-state index contributed by atoms with van der Waals surface area (Å²) in [6.07, 6.45) is 2.15. The molecule has 0 heterocycles. The van der Waals surface area contributed by atoms with Gasteiger partial charge in [-0.05, 0) is 33.1 Å². The molecule has 1 saturated carbocycles. The smallest absolute Gasteiger partial charge is 0.154 e. The van der Waals surface area contributed by atoms with Crippen LogP contribution in [0.15, 0.2) is 0 Å². The standard InChI is InChI=1S/C10H21NO2S/c1-8-6-10(8,14(5,12)13)7-11-9(2,3)4/h8,11H,6-7H2,1-5H3. The molecule has 0 spiro atoms. The van der Waals surface area contributed by atoms with Crippen molar-refractivity contribution in [2.75, 3.05) is 12.8 Å². The molecular formula is C10H21NO2S. The van der Waals surface area contributed by atoms with E-state index in [1.165, 1.54) is 6.26 Å². The summed E-state index contributed by atoms with van der Waals surface area (Å²) in [5, 5.41) is 3.28. The van der Waals surface area contributed by atoms with Crippen molar-refractivity contribution in [1.82, 2.24) is 5.32 Å². The van der Waals surface area contributed by atoms with Gasteiger partial charge in [0.1, 0.15) is 0 Å². The SMILES string of the molecule is CC1CC1(CNC(C)(C)C)S(C)(=O)=O. The number of nitrogens with one attached hydrogen (secondary N) is 1. The van der Waals surface area contributed by atoms with E-state index in [1.54, 1.807) is 0 Å². The second-order valence-corrected chi connectivity index (χ2v) is 7.90. The van der Waals surface area contributed by atoms with Crippen LogP contribution in [0.1, 0.15) is 34.1 Å². The van der Waals surface area contributed by atoms with Crippen molar-refractivity contribution < 1.29 is 8.42 Å². The first-order valence-corrected chi connectivity index (χ1v) is 6.92. The first-order valence-electron chi connectivity index (χ1n) is 5.03. The van der Waals surface area contributed by atoms with Gasteiger partial charge in [0.15, 0.2) is 9.84 Å². The van der Waals surface area contributed by atoms with E-state index in [0.29, 0.717) is 12.5 Å². The third-order valence-corrected chi connectivity index (χ3v) is 5.24. The Kier molecular flexibility index (Phi) is 2.74. The quantitative estimate of drug-likeness (QED) is 0.776. The minimum atomic E-state index is -2.93. The maximum absolute atomic E-state index is 11.6. The van der Waals surface area contributed by atoms with Crippen molar-refractivity contribution in [1.29, 1.82) is 0 Å². The van der Waals surface area contributed by atoms with Crippen LogP contribution in [0.4, 0.5) is 0 Å². The Morgan fingerprint density at radius 2 is 1.86 bits per heavy atom. The molecule has 2 atom stereocenters. The zero-order valence-corrected chi connectivity index (χ0v) is 10.5. The van der Waals surface area contributed by atoms with E-state index in [1.807, 2.05) is 6.92 Å². The van der Waals surface area contributed by atoms with Crippen molar-refractivity contribution in [3.63, 3.8) is 0 Å². The van der Waals surface area contributed by atoms with Gasteiger partial charge in [-0.1, -0.05) is 6.92 Å². The lowest BCUT2D eigenvalue weighted by Gasteiger charge is -2.24. The molecule has 0 aromatic carbocycles. The molecule has 1 N–H and O–H groups in total. The molecule has 0 aromatic rings. The summed E-state index contributed by atoms with van der Waals surface area (Å²) in [6.45, 7) is 8.74. The van der Waals surface area contributed by atoms with Crippen LogP contribution in [-0.2, 0) is 9.84 Å². The normalized spacial score (nSPS) is 33.1. The maximum Gasteiger partial charge on any atom is 0.154 e. The molecule has 3 nitrogen and oxygen atoms in total. The monoisotopic (exact) mass is 219 g/mol. The van der Waals surface area contributed by atoms with E-state index >= 15 is 0 Å². The highest BCUT2D eigenvalue weighted by atomic mass is 32.2. The van der Waals surface area contributed by atoms with E-state index in [4.69, 9.17) is 0 Å². The first kappa shape index (κ1) is 12.0. The van der Waals surface area contributed by atoms with Gasteiger partial charge in [0.2, 0.25) is 0 Å². The first-order chi connectivity index (χ1) is 6.08. The molecule has 0 radical (unpaired) electrons. The molecular weight excluding hydrogens is 198 g/mol. The van der Waals surface area contributed by atoms with Crippen molar-refractivity contribution in [3.8, 4) is 0 Å². The molecule has 0 saturated heterocycles. The third kappa shape index (κ3) is 2.28. The molecule has 0 bridgehead atoms. The van der Waals surface area contributed by atoms with Crippen LogP contribution in [0.25, 0.3) is 0 Å². The molecule has 1 rings (SSSR count). The molecule has 0 amide bonds. The van der Waals surface area contributed by atoms with Crippen LogP contribution in [0.3, 0.4) is 0 Å². The molecule has 1 aliphatic rings. The minimum Gasteiger partial charge on any atom is -0.310 e. The number of sulfone groups is 1. The average molecular weight is 219 g/mol. The highest BCUT2D eigenvalue weighted by Crippen LogP contribution is 2.49. The van der Waals surface area contributed by atoms with Gasteiger partial charge < -0.3 is 5.32 Å². The van der Waals surface area contributed by atoms with Gasteiger partial charge in [-0.2, -0.15) is 0 Å². The van der Waals surface area contributed by atoms with E-state index < -0.39 is 14.6 Å². The Morgan fingerprint density at radius 1 is 1.43 bits per heavy atom. The summed E-state index contributed by atoms with van der Waals surface area (Å²) >= 11 is 0. The number of hydrogen-bond donors (Lipinski definition) is 1. The molecule has 2 unspecified atom stereocenters. The lowest BCUT2D eigenvalue weighted by Crippen LogP contribution is -2.45. The Hall–Kier alpha value is -0.0900. The molecule has 1 fully saturated rings. The molecule has 84 valence electrons. The molecule has 4 heteroatoms. The second kappa shape index (κ2) is 3.20. The Morgan fingerprint density at radius 3 is 2.07 bits per heavy atom. The van der Waals surface area contributed by atoms with Crippen LogP contribution in [0.5, 0.6) is 0 Å². The fourth-order valence-electron chi connectivity index (χ4n) is 1.77. The maximum atomic E-state index is 11.6. The van der Waals surface area contributed by atoms with Crippen LogP contribution < -0.4 is 5.32 Å². The van der Waals surface area contributed by atoms with Crippen LogP contribution in [0, 0.1) is 5.92 Å². The third-order valence-electron chi connectivity index (χ3n) is 3.05. The topological polar surface area (TPSA) is 46.2 Å². The molecule has 0 aromatic heterocycles. The van der Waals surface area contributed by atoms with Crippen LogP contribution >= 0.6 is 0 Å². The summed E-state index contributed by atoms with van der Waals surface area (Å²) in [7, 11) is -2.93. The summed E-state index contributed by atoms with van der Waals surface area (Å²) < 4.78 is 22.7. The number of hydrogen-bond acceptors (Lipinski definition) is 3. The summed E-state index contributed by atoms with van der Waals surface area (Å²) in [5.41, 5.74) is -0.0139. The lowest BCUT2D eigenvalue weighted by atomic mass is 10.1. The zero-order valence-electron chi connectivity index (χ0n) is 9.72. The fraction of sp³-hybridized carbons (Fsp3) is 1.00. The Labute approximate surface area is 87.2 Å². The highest BCUT2D eigenvalue weighted by molar-refractivity contribution is 7.92. The van der Waals surface area contributed by atoms with Crippen molar-refractivity contribution in [2.45, 2.75) is 44.4 Å². The van der Waals surface area contributed by atoms with Gasteiger partial charge in [-0.25, -0.2) is 8.42 Å². The molecule has 0 aliphatic heterocycles. The van der Waals surface area contributed by atoms with Crippen LogP contribution in [-0.4, -0.2) is 31.5 Å². The Bertz CT molecular complexity index is 316. The minimum absolute atomic E-state index is 0.0139. The zero-order chi connectivity index (χ0) is 11.2. The second-order valence-electron chi connectivity index (χ2n) is 5.55. The fourth-order valence-corrected chi connectivity index (χ4v) is 3.39. The van der Waals surface area contributed by atoms with Gasteiger partial charge >= 0.3 is 0 Å².